The van der Waals surface area contributed by atoms with Gasteiger partial charge in [-0.3, -0.25) is 8.98 Å². The fourth-order valence-corrected chi connectivity index (χ4v) is 5.53. The molecular weight excluding hydrogens is 464 g/mol. The molecule has 11 heteroatoms. The molecule has 3 aromatic heterocycles. The second kappa shape index (κ2) is 9.82. The Kier molecular flexibility index (Phi) is 7.05. The van der Waals surface area contributed by atoms with Gasteiger partial charge in [-0.1, -0.05) is 0 Å². The van der Waals surface area contributed by atoms with Crippen molar-refractivity contribution < 1.29 is 22.5 Å². The summed E-state index contributed by atoms with van der Waals surface area (Å²) in [5.41, 5.74) is 3.30. The summed E-state index contributed by atoms with van der Waals surface area (Å²) in [4.78, 5) is 22.2. The molecule has 0 bridgehead atoms. The van der Waals surface area contributed by atoms with E-state index in [2.05, 4.69) is 24.9 Å². The van der Waals surface area contributed by atoms with Crippen LogP contribution in [0.2, 0.25) is 0 Å². The number of aliphatic hydroxyl groups excluding tert-OH is 1. The zero-order chi connectivity index (χ0) is 23.6. The number of nitrogens with two attached hydrogens (primary N) is 1. The van der Waals surface area contributed by atoms with E-state index in [1.165, 1.54) is 29.4 Å². The van der Waals surface area contributed by atoms with Gasteiger partial charge in [0.15, 0.2) is 0 Å². The molecule has 0 saturated heterocycles. The van der Waals surface area contributed by atoms with Crippen LogP contribution in [0.1, 0.15) is 44.9 Å². The average Bonchev–Trinajstić information content (AvgIpc) is 3.47. The minimum absolute atomic E-state index is 0.0337. The largest absolute Gasteiger partial charge is 0.393 e. The van der Waals surface area contributed by atoms with Gasteiger partial charge in [0.25, 0.3) is 0 Å². The molecule has 0 unspecified atom stereocenters. The zero-order valence-electron chi connectivity index (χ0n) is 18.1. The molecule has 0 amide bonds. The minimum Gasteiger partial charge on any atom is -0.393 e. The summed E-state index contributed by atoms with van der Waals surface area (Å²) in [5, 5.41) is 17.2. The van der Waals surface area contributed by atoms with Crippen molar-refractivity contribution in [1.29, 1.82) is 0 Å². The van der Waals surface area contributed by atoms with Crippen LogP contribution in [0.3, 0.4) is 0 Å². The van der Waals surface area contributed by atoms with E-state index < -0.39 is 16.4 Å². The van der Waals surface area contributed by atoms with E-state index in [0.717, 1.165) is 5.56 Å². The number of rotatable bonds is 9. The van der Waals surface area contributed by atoms with Gasteiger partial charge in [-0.15, -0.1) is 11.3 Å². The highest BCUT2D eigenvalue weighted by molar-refractivity contribution is 7.84. The van der Waals surface area contributed by atoms with Gasteiger partial charge >= 0.3 is 10.3 Å². The fourth-order valence-electron chi connectivity index (χ4n) is 4.30. The van der Waals surface area contributed by atoms with Crippen molar-refractivity contribution in [3.05, 3.63) is 69.7 Å². The van der Waals surface area contributed by atoms with Crippen LogP contribution in [0.5, 0.6) is 0 Å². The summed E-state index contributed by atoms with van der Waals surface area (Å²) in [5.74, 6) is -0.434. The summed E-state index contributed by atoms with van der Waals surface area (Å²) in [6, 6.07) is 3.94. The van der Waals surface area contributed by atoms with Crippen LogP contribution in [0.15, 0.2) is 42.4 Å². The van der Waals surface area contributed by atoms with Crippen LogP contribution in [0.25, 0.3) is 0 Å². The molecule has 1 aliphatic rings. The fraction of sp³-hybridized carbons (Fsp3) is 0.409. The van der Waals surface area contributed by atoms with Gasteiger partial charge in [-0.25, -0.2) is 15.1 Å². The maximum Gasteiger partial charge on any atom is 0.333 e. The summed E-state index contributed by atoms with van der Waals surface area (Å²) < 4.78 is 28.8. The molecule has 1 saturated carbocycles. The van der Waals surface area contributed by atoms with Crippen molar-refractivity contribution in [1.82, 2.24) is 14.5 Å². The molecule has 1 fully saturated rings. The molecule has 4 rings (SSSR count). The highest BCUT2D eigenvalue weighted by atomic mass is 32.2. The highest BCUT2D eigenvalue weighted by Crippen LogP contribution is 2.34. The lowest BCUT2D eigenvalue weighted by atomic mass is 9.96. The molecule has 0 spiro atoms. The van der Waals surface area contributed by atoms with E-state index in [4.69, 9.17) is 5.14 Å². The lowest BCUT2D eigenvalue weighted by molar-refractivity contribution is 0.100. The number of hydrogen-bond donors (Lipinski definition) is 2. The second-order valence-electron chi connectivity index (χ2n) is 8.54. The molecule has 0 aromatic carbocycles. The maximum absolute atomic E-state index is 13.2. The SMILES string of the molecule is Cc1ccn(Cc2csc(C(=O)c3cncnc3C[C@@H]3C[C@H](COS(N)(=O)=O)[C@@H](O)C3)c2)c1. The molecule has 0 radical (unpaired) electrons. The van der Waals surface area contributed by atoms with Crippen molar-refractivity contribution in [2.75, 3.05) is 6.61 Å². The minimum atomic E-state index is -4.05. The molecule has 33 heavy (non-hydrogen) atoms. The normalized spacial score (nSPS) is 20.9. The van der Waals surface area contributed by atoms with Crippen LogP contribution in [-0.2, 0) is 27.5 Å². The Bertz CT molecular complexity index is 1240. The van der Waals surface area contributed by atoms with Crippen LogP contribution in [0, 0.1) is 18.8 Å². The van der Waals surface area contributed by atoms with Gasteiger partial charge < -0.3 is 9.67 Å². The Morgan fingerprint density at radius 1 is 1.39 bits per heavy atom. The van der Waals surface area contributed by atoms with Gasteiger partial charge in [0.05, 0.1) is 28.8 Å². The van der Waals surface area contributed by atoms with Crippen LogP contribution < -0.4 is 5.14 Å². The third-order valence-corrected chi connectivity index (χ3v) is 7.31. The number of nitrogens with zero attached hydrogens (tertiary/aromatic N) is 3. The standard InChI is InChI=1S/C22H26N4O5S2/c1-14-2-3-26(9-14)10-16-7-21(32-12-16)22(28)18-8-24-13-25-19(18)5-15-4-17(20(27)6-15)11-31-33(23,29)30/h2-3,7-9,12-13,15,17,20,27H,4-6,10-11H2,1H3,(H2,23,29,30)/t15-,17+,20-/m0/s1. The number of aryl methyl sites for hydroxylation is 1. The monoisotopic (exact) mass is 490 g/mol. The van der Waals surface area contributed by atoms with Crippen LogP contribution in [0.4, 0.5) is 0 Å². The topological polar surface area (TPSA) is 137 Å². The lowest BCUT2D eigenvalue weighted by Crippen LogP contribution is -2.24. The molecule has 3 N–H and O–H groups in total. The number of ketones is 1. The first kappa shape index (κ1) is 23.7. The van der Waals surface area contributed by atoms with Crippen molar-refractivity contribution in [3.63, 3.8) is 0 Å². The van der Waals surface area contributed by atoms with Crippen LogP contribution >= 0.6 is 11.3 Å². The molecule has 3 aromatic rings. The van der Waals surface area contributed by atoms with Gasteiger partial charge in [0.1, 0.15) is 6.33 Å². The maximum atomic E-state index is 13.2. The molecule has 176 valence electrons. The Labute approximate surface area is 196 Å². The molecule has 0 aliphatic heterocycles. The summed E-state index contributed by atoms with van der Waals surface area (Å²) in [7, 11) is -4.05. The van der Waals surface area contributed by atoms with Crippen molar-refractivity contribution in [2.45, 2.75) is 38.8 Å². The Morgan fingerprint density at radius 3 is 2.94 bits per heavy atom. The van der Waals surface area contributed by atoms with Gasteiger partial charge in [0.2, 0.25) is 5.78 Å². The van der Waals surface area contributed by atoms with E-state index >= 15 is 0 Å². The highest BCUT2D eigenvalue weighted by Gasteiger charge is 2.35. The summed E-state index contributed by atoms with van der Waals surface area (Å²) in [6.07, 6.45) is 7.81. The second-order valence-corrected chi connectivity index (χ2v) is 10.7. The van der Waals surface area contributed by atoms with E-state index in [9.17, 15) is 18.3 Å². The predicted molar refractivity (Wildman–Crippen MR) is 123 cm³/mol. The average molecular weight is 491 g/mol. The Morgan fingerprint density at radius 2 is 2.21 bits per heavy atom. The van der Waals surface area contributed by atoms with Crippen molar-refractivity contribution in [2.24, 2.45) is 17.0 Å². The first-order valence-corrected chi connectivity index (χ1v) is 12.9. The molecular formula is C22H26N4O5S2. The molecule has 1 aliphatic carbocycles. The quantitative estimate of drug-likeness (QED) is 0.438. The number of hydrogen-bond acceptors (Lipinski definition) is 8. The molecule has 9 nitrogen and oxygen atoms in total. The number of carbonyl (C=O) groups excluding carboxylic acids is 1. The van der Waals surface area contributed by atoms with Crippen molar-refractivity contribution >= 4 is 27.4 Å². The van der Waals surface area contributed by atoms with Crippen molar-refractivity contribution in [3.8, 4) is 0 Å². The van der Waals surface area contributed by atoms with E-state index in [-0.39, 0.29) is 24.2 Å². The molecule has 3 heterocycles. The number of carbonyl (C=O) groups is 1. The third-order valence-electron chi connectivity index (χ3n) is 5.86. The number of thiophene rings is 1. The van der Waals surface area contributed by atoms with Gasteiger partial charge in [0, 0.05) is 31.1 Å². The first-order chi connectivity index (χ1) is 15.7. The zero-order valence-corrected chi connectivity index (χ0v) is 19.8. The summed E-state index contributed by atoms with van der Waals surface area (Å²) in [6.45, 7) is 2.57. The smallest absolute Gasteiger partial charge is 0.333 e. The molecule has 3 atom stereocenters. The Balaban J connectivity index is 1.44. The van der Waals surface area contributed by atoms with Gasteiger partial charge in [-0.2, -0.15) is 8.42 Å². The number of aromatic nitrogens is 3. The van der Waals surface area contributed by atoms with E-state index in [1.807, 2.05) is 30.6 Å². The van der Waals surface area contributed by atoms with Gasteiger partial charge in [-0.05, 0) is 60.7 Å². The predicted octanol–water partition coefficient (Wildman–Crippen LogP) is 2.08. The lowest BCUT2D eigenvalue weighted by Gasteiger charge is -2.13. The van der Waals surface area contributed by atoms with Crippen LogP contribution in [-0.4, -0.2) is 46.6 Å². The van der Waals surface area contributed by atoms with E-state index in [0.29, 0.717) is 41.9 Å². The van der Waals surface area contributed by atoms with E-state index in [1.54, 1.807) is 0 Å². The number of aliphatic hydroxyl groups is 1. The first-order valence-electron chi connectivity index (χ1n) is 10.6. The Hall–Kier alpha value is -2.44. The summed E-state index contributed by atoms with van der Waals surface area (Å²) >= 11 is 1.40. The third kappa shape index (κ3) is 6.12.